The lowest BCUT2D eigenvalue weighted by molar-refractivity contribution is 0.626. The first kappa shape index (κ1) is 17.8. The van der Waals surface area contributed by atoms with E-state index in [9.17, 15) is 9.18 Å². The molecule has 2 heterocycles. The van der Waals surface area contributed by atoms with Gasteiger partial charge in [-0.1, -0.05) is 24.3 Å². The molecule has 5 aromatic rings. The molecule has 0 amide bonds. The molecular formula is C23H14FN5O. The van der Waals surface area contributed by atoms with Crippen LogP contribution in [0.1, 0.15) is 11.1 Å². The van der Waals surface area contributed by atoms with Gasteiger partial charge < -0.3 is 0 Å². The van der Waals surface area contributed by atoms with Crippen LogP contribution in [0.2, 0.25) is 0 Å². The second-order valence-electron chi connectivity index (χ2n) is 6.88. The maximum absolute atomic E-state index is 13.3. The molecule has 30 heavy (non-hydrogen) atoms. The van der Waals surface area contributed by atoms with Gasteiger partial charge in [-0.2, -0.15) is 5.26 Å². The van der Waals surface area contributed by atoms with Gasteiger partial charge in [0.15, 0.2) is 5.82 Å². The van der Waals surface area contributed by atoms with Gasteiger partial charge in [-0.15, -0.1) is 10.2 Å². The molecule has 0 spiro atoms. The van der Waals surface area contributed by atoms with Crippen LogP contribution in [0.15, 0.2) is 77.6 Å². The van der Waals surface area contributed by atoms with Crippen molar-refractivity contribution in [3.63, 3.8) is 0 Å². The van der Waals surface area contributed by atoms with Crippen LogP contribution in [0.3, 0.4) is 0 Å². The third-order valence-electron chi connectivity index (χ3n) is 5.03. The summed E-state index contributed by atoms with van der Waals surface area (Å²) in [5.41, 5.74) is 2.60. The Kier molecular flexibility index (Phi) is 4.11. The SMILES string of the molecule is N#Cc1ccc(-c2nnc3n(Cc4ccc(F)cc4)c(=O)c4ccccc4n23)cc1. The molecule has 6 nitrogen and oxygen atoms in total. The number of fused-ring (bicyclic) bond motifs is 3. The van der Waals surface area contributed by atoms with Gasteiger partial charge in [-0.25, -0.2) is 4.39 Å². The van der Waals surface area contributed by atoms with Crippen LogP contribution < -0.4 is 5.56 Å². The number of hydrogen-bond acceptors (Lipinski definition) is 4. The molecule has 0 aliphatic carbocycles. The third-order valence-corrected chi connectivity index (χ3v) is 5.03. The third kappa shape index (κ3) is 2.83. The van der Waals surface area contributed by atoms with Gasteiger partial charge in [0.05, 0.1) is 29.1 Å². The fourth-order valence-electron chi connectivity index (χ4n) is 3.55. The minimum atomic E-state index is -0.333. The second-order valence-corrected chi connectivity index (χ2v) is 6.88. The van der Waals surface area contributed by atoms with Crippen LogP contribution in [-0.2, 0) is 6.54 Å². The average Bonchev–Trinajstić information content (AvgIpc) is 3.23. The van der Waals surface area contributed by atoms with E-state index in [1.54, 1.807) is 42.5 Å². The van der Waals surface area contributed by atoms with Gasteiger partial charge >= 0.3 is 0 Å². The van der Waals surface area contributed by atoms with Crippen molar-refractivity contribution in [2.24, 2.45) is 0 Å². The number of benzene rings is 3. The van der Waals surface area contributed by atoms with Gasteiger partial charge in [-0.3, -0.25) is 13.8 Å². The van der Waals surface area contributed by atoms with Crippen molar-refractivity contribution < 1.29 is 4.39 Å². The highest BCUT2D eigenvalue weighted by Gasteiger charge is 2.17. The Balaban J connectivity index is 1.79. The van der Waals surface area contributed by atoms with Gasteiger partial charge in [0, 0.05) is 5.56 Å². The zero-order chi connectivity index (χ0) is 20.7. The van der Waals surface area contributed by atoms with E-state index in [0.717, 1.165) is 11.1 Å². The first-order chi connectivity index (χ1) is 14.7. The Labute approximate surface area is 170 Å². The summed E-state index contributed by atoms with van der Waals surface area (Å²) in [4.78, 5) is 13.2. The Morgan fingerprint density at radius 3 is 2.40 bits per heavy atom. The maximum Gasteiger partial charge on any atom is 0.263 e. The van der Waals surface area contributed by atoms with Crippen LogP contribution in [0.25, 0.3) is 28.1 Å². The van der Waals surface area contributed by atoms with Crippen molar-refractivity contribution in [1.82, 2.24) is 19.2 Å². The van der Waals surface area contributed by atoms with Gasteiger partial charge in [0.25, 0.3) is 5.56 Å². The predicted molar refractivity (Wildman–Crippen MR) is 110 cm³/mol. The Bertz CT molecular complexity index is 1490. The Morgan fingerprint density at radius 2 is 1.67 bits per heavy atom. The minimum absolute atomic E-state index is 0.193. The standard InChI is InChI=1S/C23H14FN5O/c24-18-11-7-16(8-12-18)14-28-22(30)19-3-1-2-4-20(19)29-21(26-27-23(28)29)17-9-5-15(13-25)6-10-17/h1-12H,14H2. The normalized spacial score (nSPS) is 11.1. The zero-order valence-corrected chi connectivity index (χ0v) is 15.7. The predicted octanol–water partition coefficient (Wildman–Crippen LogP) is 3.77. The molecule has 0 saturated heterocycles. The number of rotatable bonds is 3. The van der Waals surface area contributed by atoms with Crippen molar-refractivity contribution in [2.75, 3.05) is 0 Å². The van der Waals surface area contributed by atoms with E-state index in [-0.39, 0.29) is 17.9 Å². The number of hydrogen-bond donors (Lipinski definition) is 0. The van der Waals surface area contributed by atoms with Gasteiger partial charge in [0.2, 0.25) is 5.78 Å². The van der Waals surface area contributed by atoms with E-state index in [4.69, 9.17) is 5.26 Å². The number of nitrogens with zero attached hydrogens (tertiary/aromatic N) is 5. The molecule has 0 N–H and O–H groups in total. The lowest BCUT2D eigenvalue weighted by Gasteiger charge is -2.11. The van der Waals surface area contributed by atoms with Gasteiger partial charge in [0.1, 0.15) is 5.82 Å². The fourth-order valence-corrected chi connectivity index (χ4v) is 3.55. The highest BCUT2D eigenvalue weighted by atomic mass is 19.1. The van der Waals surface area contributed by atoms with E-state index in [1.165, 1.54) is 16.7 Å². The number of halogens is 1. The van der Waals surface area contributed by atoms with Crippen LogP contribution in [0.4, 0.5) is 4.39 Å². The number of para-hydroxylation sites is 1. The molecule has 2 aromatic heterocycles. The summed E-state index contributed by atoms with van der Waals surface area (Å²) in [5.74, 6) is 0.626. The van der Waals surface area contributed by atoms with E-state index >= 15 is 0 Å². The quantitative estimate of drug-likeness (QED) is 0.466. The van der Waals surface area contributed by atoms with E-state index < -0.39 is 0 Å². The molecule has 0 aliphatic heterocycles. The maximum atomic E-state index is 13.3. The molecule has 0 bridgehead atoms. The Hall–Kier alpha value is -4.31. The van der Waals surface area contributed by atoms with Crippen LogP contribution in [-0.4, -0.2) is 19.2 Å². The summed E-state index contributed by atoms with van der Waals surface area (Å²) < 4.78 is 16.7. The van der Waals surface area contributed by atoms with E-state index in [1.807, 2.05) is 22.6 Å². The highest BCUT2D eigenvalue weighted by Crippen LogP contribution is 2.23. The molecule has 144 valence electrons. The lowest BCUT2D eigenvalue weighted by atomic mass is 10.1. The molecule has 3 aromatic carbocycles. The van der Waals surface area contributed by atoms with E-state index in [0.29, 0.717) is 28.1 Å². The van der Waals surface area contributed by atoms with Crippen molar-refractivity contribution in [1.29, 1.82) is 5.26 Å². The monoisotopic (exact) mass is 395 g/mol. The minimum Gasteiger partial charge on any atom is -0.272 e. The molecule has 7 heteroatoms. The first-order valence-corrected chi connectivity index (χ1v) is 9.27. The average molecular weight is 395 g/mol. The topological polar surface area (TPSA) is 76.0 Å². The van der Waals surface area contributed by atoms with Crippen LogP contribution in [0.5, 0.6) is 0 Å². The van der Waals surface area contributed by atoms with Crippen molar-refractivity contribution in [2.45, 2.75) is 6.54 Å². The van der Waals surface area contributed by atoms with Crippen molar-refractivity contribution in [3.05, 3.63) is 100 Å². The lowest BCUT2D eigenvalue weighted by Crippen LogP contribution is -2.24. The van der Waals surface area contributed by atoms with Gasteiger partial charge in [-0.05, 0) is 54.1 Å². The highest BCUT2D eigenvalue weighted by molar-refractivity contribution is 5.82. The van der Waals surface area contributed by atoms with E-state index in [2.05, 4.69) is 16.3 Å². The smallest absolute Gasteiger partial charge is 0.263 e. The van der Waals surface area contributed by atoms with Crippen LogP contribution in [0, 0.1) is 17.1 Å². The molecule has 0 unspecified atom stereocenters. The summed E-state index contributed by atoms with van der Waals surface area (Å²) in [6, 6.07) is 22.4. The number of aromatic nitrogens is 4. The fraction of sp³-hybridized carbons (Fsp3) is 0.0435. The molecule has 0 atom stereocenters. The Morgan fingerprint density at radius 1 is 0.933 bits per heavy atom. The molecule has 0 fully saturated rings. The molecule has 5 rings (SSSR count). The second kappa shape index (κ2) is 6.94. The molecule has 0 radical (unpaired) electrons. The zero-order valence-electron chi connectivity index (χ0n) is 15.7. The van der Waals surface area contributed by atoms with Crippen molar-refractivity contribution >= 4 is 16.7 Å². The molecular weight excluding hydrogens is 381 g/mol. The van der Waals surface area contributed by atoms with Crippen LogP contribution >= 0.6 is 0 Å². The summed E-state index contributed by atoms with van der Waals surface area (Å²) in [6.45, 7) is 0.235. The first-order valence-electron chi connectivity index (χ1n) is 9.27. The summed E-state index contributed by atoms with van der Waals surface area (Å²) in [6.07, 6.45) is 0. The molecule has 0 aliphatic rings. The summed E-state index contributed by atoms with van der Waals surface area (Å²) >= 11 is 0. The summed E-state index contributed by atoms with van der Waals surface area (Å²) in [5, 5.41) is 18.2. The van der Waals surface area contributed by atoms with Crippen molar-refractivity contribution in [3.8, 4) is 17.5 Å². The largest absolute Gasteiger partial charge is 0.272 e. The summed E-state index contributed by atoms with van der Waals surface area (Å²) in [7, 11) is 0. The molecule has 0 saturated carbocycles. The number of nitriles is 1.